The lowest BCUT2D eigenvalue weighted by Gasteiger charge is -2.05. The van der Waals surface area contributed by atoms with E-state index in [1.165, 1.54) is 5.56 Å². The van der Waals surface area contributed by atoms with E-state index < -0.39 is 0 Å². The molecule has 2 rings (SSSR count). The maximum atomic E-state index is 5.79. The fourth-order valence-electron chi connectivity index (χ4n) is 1.46. The molecule has 16 heavy (non-hydrogen) atoms. The van der Waals surface area contributed by atoms with Gasteiger partial charge in [-0.1, -0.05) is 41.9 Å². The van der Waals surface area contributed by atoms with Gasteiger partial charge >= 0.3 is 0 Å². The summed E-state index contributed by atoms with van der Waals surface area (Å²) in [6.07, 6.45) is 0.920. The smallest absolute Gasteiger partial charge is 0.119 e. The second kappa shape index (κ2) is 5.57. The molecule has 0 aliphatic carbocycles. The highest BCUT2D eigenvalue weighted by Gasteiger charge is 1.95. The van der Waals surface area contributed by atoms with Crippen LogP contribution in [0.4, 0.5) is 0 Å². The number of ether oxygens (including phenoxy) is 1. The van der Waals surface area contributed by atoms with Gasteiger partial charge in [0.05, 0.1) is 6.61 Å². The molecule has 0 saturated carbocycles. The Morgan fingerprint density at radius 3 is 2.25 bits per heavy atom. The molecule has 0 saturated heterocycles. The van der Waals surface area contributed by atoms with Gasteiger partial charge in [-0.2, -0.15) is 0 Å². The Kier molecular flexibility index (Phi) is 3.84. The zero-order valence-electron chi connectivity index (χ0n) is 8.90. The van der Waals surface area contributed by atoms with E-state index in [0.29, 0.717) is 6.61 Å². The molecule has 2 aromatic carbocycles. The summed E-state index contributed by atoms with van der Waals surface area (Å²) in [6, 6.07) is 17.7. The van der Waals surface area contributed by atoms with Crippen LogP contribution < -0.4 is 4.74 Å². The van der Waals surface area contributed by atoms with Crippen molar-refractivity contribution < 1.29 is 4.74 Å². The van der Waals surface area contributed by atoms with Crippen LogP contribution in [0.1, 0.15) is 5.56 Å². The van der Waals surface area contributed by atoms with Crippen LogP contribution in [-0.2, 0) is 6.42 Å². The van der Waals surface area contributed by atoms with Gasteiger partial charge < -0.3 is 4.74 Å². The molecule has 0 spiro atoms. The largest absolute Gasteiger partial charge is 0.493 e. The zero-order chi connectivity index (χ0) is 11.2. The minimum atomic E-state index is 0.686. The quantitative estimate of drug-likeness (QED) is 0.775. The van der Waals surface area contributed by atoms with E-state index in [9.17, 15) is 0 Å². The Morgan fingerprint density at radius 2 is 1.56 bits per heavy atom. The molecular weight excluding hydrogens is 220 g/mol. The molecule has 0 aromatic heterocycles. The highest BCUT2D eigenvalue weighted by Crippen LogP contribution is 2.15. The van der Waals surface area contributed by atoms with Gasteiger partial charge in [0.1, 0.15) is 5.75 Å². The summed E-state index contributed by atoms with van der Waals surface area (Å²) < 4.78 is 5.61. The lowest BCUT2D eigenvalue weighted by molar-refractivity contribution is 0.322. The number of rotatable bonds is 4. The molecule has 1 nitrogen and oxygen atoms in total. The third-order valence-corrected chi connectivity index (χ3v) is 2.57. The van der Waals surface area contributed by atoms with Crippen molar-refractivity contribution in [2.45, 2.75) is 6.42 Å². The minimum absolute atomic E-state index is 0.686. The summed E-state index contributed by atoms with van der Waals surface area (Å²) in [4.78, 5) is 0. The molecule has 0 fully saturated rings. The summed E-state index contributed by atoms with van der Waals surface area (Å²) in [5.41, 5.74) is 1.29. The average molecular weight is 233 g/mol. The predicted molar refractivity (Wildman–Crippen MR) is 67.1 cm³/mol. The molecule has 0 heterocycles. The summed E-state index contributed by atoms with van der Waals surface area (Å²) >= 11 is 5.79. The first kappa shape index (κ1) is 11.0. The van der Waals surface area contributed by atoms with Gasteiger partial charge in [0, 0.05) is 11.4 Å². The number of hydrogen-bond acceptors (Lipinski definition) is 1. The molecule has 0 amide bonds. The average Bonchev–Trinajstić information content (AvgIpc) is 2.33. The molecule has 0 aliphatic heterocycles. The SMILES string of the molecule is Clc1ccc(OCCc2ccccc2)cc1. The maximum Gasteiger partial charge on any atom is 0.119 e. The van der Waals surface area contributed by atoms with Crippen LogP contribution in [0.3, 0.4) is 0 Å². The highest BCUT2D eigenvalue weighted by molar-refractivity contribution is 6.30. The Labute approximate surface area is 101 Å². The minimum Gasteiger partial charge on any atom is -0.493 e. The van der Waals surface area contributed by atoms with E-state index >= 15 is 0 Å². The molecule has 0 atom stereocenters. The monoisotopic (exact) mass is 232 g/mol. The van der Waals surface area contributed by atoms with Gasteiger partial charge in [-0.25, -0.2) is 0 Å². The Hall–Kier alpha value is -1.47. The van der Waals surface area contributed by atoms with Crippen molar-refractivity contribution in [2.24, 2.45) is 0 Å². The molecule has 0 unspecified atom stereocenters. The summed E-state index contributed by atoms with van der Waals surface area (Å²) in [5.74, 6) is 0.861. The van der Waals surface area contributed by atoms with Gasteiger partial charge in [0.2, 0.25) is 0 Å². The van der Waals surface area contributed by atoms with Crippen molar-refractivity contribution in [1.29, 1.82) is 0 Å². The van der Waals surface area contributed by atoms with Crippen LogP contribution in [0.15, 0.2) is 54.6 Å². The van der Waals surface area contributed by atoms with E-state index in [1.807, 2.05) is 42.5 Å². The number of benzene rings is 2. The first-order chi connectivity index (χ1) is 7.84. The van der Waals surface area contributed by atoms with Crippen molar-refractivity contribution in [1.82, 2.24) is 0 Å². The third-order valence-electron chi connectivity index (χ3n) is 2.32. The molecule has 0 bridgehead atoms. The van der Waals surface area contributed by atoms with Crippen LogP contribution in [-0.4, -0.2) is 6.61 Å². The van der Waals surface area contributed by atoms with Crippen LogP contribution in [0.5, 0.6) is 5.75 Å². The number of halogens is 1. The lowest BCUT2D eigenvalue weighted by atomic mass is 10.2. The molecule has 2 heteroatoms. The van der Waals surface area contributed by atoms with Gasteiger partial charge in [0.25, 0.3) is 0 Å². The molecule has 82 valence electrons. The van der Waals surface area contributed by atoms with Crippen LogP contribution >= 0.6 is 11.6 Å². The lowest BCUT2D eigenvalue weighted by Crippen LogP contribution is -2.00. The van der Waals surface area contributed by atoms with Gasteiger partial charge in [-0.15, -0.1) is 0 Å². The first-order valence-corrected chi connectivity index (χ1v) is 5.65. The van der Waals surface area contributed by atoms with Crippen LogP contribution in [0.2, 0.25) is 5.02 Å². The second-order valence-corrected chi connectivity index (χ2v) is 3.97. The Morgan fingerprint density at radius 1 is 0.875 bits per heavy atom. The molecule has 0 N–H and O–H groups in total. The maximum absolute atomic E-state index is 5.79. The van der Waals surface area contributed by atoms with E-state index in [4.69, 9.17) is 16.3 Å². The Bertz CT molecular complexity index is 422. The van der Waals surface area contributed by atoms with Gasteiger partial charge in [0.15, 0.2) is 0 Å². The zero-order valence-corrected chi connectivity index (χ0v) is 9.65. The molecule has 0 radical (unpaired) electrons. The molecule has 0 aliphatic rings. The molecular formula is C14H13ClO. The van der Waals surface area contributed by atoms with Crippen molar-refractivity contribution in [3.8, 4) is 5.75 Å². The van der Waals surface area contributed by atoms with Gasteiger partial charge in [-0.05, 0) is 29.8 Å². The summed E-state index contributed by atoms with van der Waals surface area (Å²) in [7, 11) is 0. The topological polar surface area (TPSA) is 9.23 Å². The van der Waals surface area contributed by atoms with Crippen molar-refractivity contribution in [3.05, 3.63) is 65.2 Å². The first-order valence-electron chi connectivity index (χ1n) is 5.27. The molecule has 2 aromatic rings. The van der Waals surface area contributed by atoms with Crippen molar-refractivity contribution in [3.63, 3.8) is 0 Å². The Balaban J connectivity index is 1.82. The number of hydrogen-bond donors (Lipinski definition) is 0. The normalized spacial score (nSPS) is 10.1. The predicted octanol–water partition coefficient (Wildman–Crippen LogP) is 3.96. The highest BCUT2D eigenvalue weighted by atomic mass is 35.5. The van der Waals surface area contributed by atoms with E-state index in [1.54, 1.807) is 0 Å². The van der Waals surface area contributed by atoms with E-state index in [2.05, 4.69) is 12.1 Å². The standard InChI is InChI=1S/C14H13ClO/c15-13-6-8-14(9-7-13)16-11-10-12-4-2-1-3-5-12/h1-9H,10-11H2. The van der Waals surface area contributed by atoms with Gasteiger partial charge in [-0.3, -0.25) is 0 Å². The van der Waals surface area contributed by atoms with Crippen molar-refractivity contribution in [2.75, 3.05) is 6.61 Å². The van der Waals surface area contributed by atoms with Crippen LogP contribution in [0, 0.1) is 0 Å². The fourth-order valence-corrected chi connectivity index (χ4v) is 1.59. The van der Waals surface area contributed by atoms with E-state index in [0.717, 1.165) is 17.2 Å². The van der Waals surface area contributed by atoms with Crippen LogP contribution in [0.25, 0.3) is 0 Å². The second-order valence-electron chi connectivity index (χ2n) is 3.54. The fraction of sp³-hybridized carbons (Fsp3) is 0.143. The third kappa shape index (κ3) is 3.28. The van der Waals surface area contributed by atoms with E-state index in [-0.39, 0.29) is 0 Å². The summed E-state index contributed by atoms with van der Waals surface area (Å²) in [5, 5.41) is 0.732. The van der Waals surface area contributed by atoms with Crippen molar-refractivity contribution >= 4 is 11.6 Å². The summed E-state index contributed by atoms with van der Waals surface area (Å²) in [6.45, 7) is 0.686.